The van der Waals surface area contributed by atoms with Gasteiger partial charge in [0.2, 0.25) is 5.91 Å². The number of hydrogen-bond donors (Lipinski definition) is 2. The molecule has 0 saturated heterocycles. The molecule has 2 N–H and O–H groups in total. The molecule has 1 atom stereocenters. The molecule has 0 radical (unpaired) electrons. The molecule has 2 rings (SSSR count). The van der Waals surface area contributed by atoms with Crippen LogP contribution < -0.4 is 10.6 Å². The van der Waals surface area contributed by atoms with Crippen molar-refractivity contribution in [2.45, 2.75) is 38.6 Å². The van der Waals surface area contributed by atoms with Crippen molar-refractivity contribution in [2.24, 2.45) is 7.05 Å². The summed E-state index contributed by atoms with van der Waals surface area (Å²) in [5.74, 6) is 0.118. The van der Waals surface area contributed by atoms with E-state index in [9.17, 15) is 4.79 Å². The van der Waals surface area contributed by atoms with Crippen molar-refractivity contribution in [2.75, 3.05) is 13.1 Å². The lowest BCUT2D eigenvalue weighted by molar-refractivity contribution is -0.120. The average molecular weight is 250 g/mol. The molecule has 1 aliphatic carbocycles. The second-order valence-corrected chi connectivity index (χ2v) is 4.77. The summed E-state index contributed by atoms with van der Waals surface area (Å²) in [7, 11) is 2.00. The molecular formula is C13H22N4O. The molecule has 1 unspecified atom stereocenters. The Bertz CT molecular complexity index is 413. The monoisotopic (exact) mass is 250 g/mol. The smallest absolute Gasteiger partial charge is 0.221 e. The van der Waals surface area contributed by atoms with Gasteiger partial charge in [-0.1, -0.05) is 0 Å². The molecule has 1 aliphatic rings. The minimum atomic E-state index is 0.118. The Balaban J connectivity index is 1.86. The van der Waals surface area contributed by atoms with E-state index >= 15 is 0 Å². The molecule has 1 heterocycles. The second-order valence-electron chi connectivity index (χ2n) is 4.77. The summed E-state index contributed by atoms with van der Waals surface area (Å²) in [6.45, 7) is 3.37. The normalized spacial score (nSPS) is 18.4. The van der Waals surface area contributed by atoms with Gasteiger partial charge in [-0.05, 0) is 26.2 Å². The predicted molar refractivity (Wildman–Crippen MR) is 70.2 cm³/mol. The molecule has 5 nitrogen and oxygen atoms in total. The number of hydrogen-bond acceptors (Lipinski definition) is 3. The van der Waals surface area contributed by atoms with Gasteiger partial charge in [0, 0.05) is 43.9 Å². The van der Waals surface area contributed by atoms with Gasteiger partial charge in [0.1, 0.15) is 0 Å². The molecule has 0 aromatic carbocycles. The number of rotatable bonds is 5. The van der Waals surface area contributed by atoms with Gasteiger partial charge >= 0.3 is 0 Å². The van der Waals surface area contributed by atoms with Crippen LogP contribution in [0.25, 0.3) is 0 Å². The number of amides is 1. The summed E-state index contributed by atoms with van der Waals surface area (Å²) in [5.41, 5.74) is 2.64. The van der Waals surface area contributed by atoms with Gasteiger partial charge in [0.15, 0.2) is 0 Å². The minimum absolute atomic E-state index is 0.118. The van der Waals surface area contributed by atoms with Gasteiger partial charge in [0.05, 0.1) is 6.20 Å². The Morgan fingerprint density at radius 2 is 2.44 bits per heavy atom. The van der Waals surface area contributed by atoms with E-state index < -0.39 is 0 Å². The number of carbonyl (C=O) groups excluding carboxylic acids is 1. The Morgan fingerprint density at radius 3 is 3.22 bits per heavy atom. The van der Waals surface area contributed by atoms with Gasteiger partial charge < -0.3 is 10.6 Å². The van der Waals surface area contributed by atoms with Gasteiger partial charge in [-0.25, -0.2) is 0 Å². The fourth-order valence-corrected chi connectivity index (χ4v) is 2.56. The molecule has 0 aliphatic heterocycles. The molecule has 5 heteroatoms. The first-order chi connectivity index (χ1) is 8.72. The van der Waals surface area contributed by atoms with Crippen molar-refractivity contribution in [3.05, 3.63) is 17.5 Å². The molecule has 18 heavy (non-hydrogen) atoms. The molecule has 0 spiro atoms. The summed E-state index contributed by atoms with van der Waals surface area (Å²) < 4.78 is 1.97. The fraction of sp³-hybridized carbons (Fsp3) is 0.692. The van der Waals surface area contributed by atoms with Gasteiger partial charge in [-0.3, -0.25) is 9.48 Å². The Labute approximate surface area is 108 Å². The van der Waals surface area contributed by atoms with Crippen LogP contribution in [-0.4, -0.2) is 28.8 Å². The number of aryl methyl sites for hydroxylation is 1. The first-order valence-corrected chi connectivity index (χ1v) is 6.73. The topological polar surface area (TPSA) is 59.0 Å². The Kier molecular flexibility index (Phi) is 4.36. The number of carbonyl (C=O) groups is 1. The zero-order valence-electron chi connectivity index (χ0n) is 11.2. The van der Waals surface area contributed by atoms with Crippen LogP contribution in [-0.2, 0) is 18.3 Å². The van der Waals surface area contributed by atoms with Crippen molar-refractivity contribution in [1.82, 2.24) is 20.4 Å². The van der Waals surface area contributed by atoms with Crippen LogP contribution in [0.2, 0.25) is 0 Å². The maximum Gasteiger partial charge on any atom is 0.221 e. The lowest BCUT2D eigenvalue weighted by Gasteiger charge is -2.23. The highest BCUT2D eigenvalue weighted by atomic mass is 16.1. The van der Waals surface area contributed by atoms with Gasteiger partial charge in [0.25, 0.3) is 0 Å². The summed E-state index contributed by atoms with van der Waals surface area (Å²) >= 11 is 0. The quantitative estimate of drug-likeness (QED) is 0.817. The number of nitrogens with one attached hydrogen (secondary N) is 2. The van der Waals surface area contributed by atoms with Crippen LogP contribution >= 0.6 is 0 Å². The van der Waals surface area contributed by atoms with E-state index in [0.29, 0.717) is 19.0 Å². The van der Waals surface area contributed by atoms with Crippen molar-refractivity contribution >= 4 is 5.91 Å². The maximum absolute atomic E-state index is 11.4. The minimum Gasteiger partial charge on any atom is -0.356 e. The van der Waals surface area contributed by atoms with Crippen LogP contribution in [0.1, 0.15) is 43.5 Å². The molecule has 100 valence electrons. The van der Waals surface area contributed by atoms with E-state index in [4.69, 9.17) is 0 Å². The van der Waals surface area contributed by atoms with Crippen LogP contribution in [0, 0.1) is 0 Å². The summed E-state index contributed by atoms with van der Waals surface area (Å²) in [5, 5.41) is 10.6. The van der Waals surface area contributed by atoms with Crippen LogP contribution in [0.15, 0.2) is 6.20 Å². The highest BCUT2D eigenvalue weighted by Gasteiger charge is 2.22. The summed E-state index contributed by atoms with van der Waals surface area (Å²) in [6, 6.07) is 0.358. The SMILES string of the molecule is CCNC(=O)CCNC1CCCc2c1cnn2C. The van der Waals surface area contributed by atoms with Crippen molar-refractivity contribution in [3.8, 4) is 0 Å². The van der Waals surface area contributed by atoms with E-state index in [-0.39, 0.29) is 5.91 Å². The highest BCUT2D eigenvalue weighted by Crippen LogP contribution is 2.28. The first kappa shape index (κ1) is 13.1. The van der Waals surface area contributed by atoms with Gasteiger partial charge in [-0.2, -0.15) is 5.10 Å². The highest BCUT2D eigenvalue weighted by molar-refractivity contribution is 5.75. The fourth-order valence-electron chi connectivity index (χ4n) is 2.56. The summed E-state index contributed by atoms with van der Waals surface area (Å²) in [6.07, 6.45) is 5.93. The molecule has 1 amide bonds. The number of nitrogens with zero attached hydrogens (tertiary/aromatic N) is 2. The third kappa shape index (κ3) is 2.90. The van der Waals surface area contributed by atoms with E-state index in [2.05, 4.69) is 15.7 Å². The standard InChI is InChI=1S/C13H22N4O/c1-3-14-13(18)7-8-15-11-5-4-6-12-10(11)9-16-17(12)2/h9,11,15H,3-8H2,1-2H3,(H,14,18). The Morgan fingerprint density at radius 1 is 1.61 bits per heavy atom. The Hall–Kier alpha value is -1.36. The molecule has 0 fully saturated rings. The van der Waals surface area contributed by atoms with E-state index in [1.165, 1.54) is 17.7 Å². The van der Waals surface area contributed by atoms with Crippen molar-refractivity contribution < 1.29 is 4.79 Å². The average Bonchev–Trinajstić information content (AvgIpc) is 2.73. The number of aromatic nitrogens is 2. The second kappa shape index (κ2) is 6.00. The molecule has 1 aromatic heterocycles. The van der Waals surface area contributed by atoms with E-state index in [1.807, 2.05) is 24.9 Å². The van der Waals surface area contributed by atoms with Crippen molar-refractivity contribution in [1.29, 1.82) is 0 Å². The van der Waals surface area contributed by atoms with Crippen LogP contribution in [0.5, 0.6) is 0 Å². The zero-order chi connectivity index (χ0) is 13.0. The summed E-state index contributed by atoms with van der Waals surface area (Å²) in [4.78, 5) is 11.4. The largest absolute Gasteiger partial charge is 0.356 e. The lowest BCUT2D eigenvalue weighted by atomic mass is 9.93. The molecule has 0 saturated carbocycles. The zero-order valence-corrected chi connectivity index (χ0v) is 11.2. The number of fused-ring (bicyclic) bond motifs is 1. The van der Waals surface area contributed by atoms with Gasteiger partial charge in [-0.15, -0.1) is 0 Å². The predicted octanol–water partition coefficient (Wildman–Crippen LogP) is 0.913. The van der Waals surface area contributed by atoms with Crippen molar-refractivity contribution in [3.63, 3.8) is 0 Å². The lowest BCUT2D eigenvalue weighted by Crippen LogP contribution is -2.30. The van der Waals surface area contributed by atoms with Crippen LogP contribution in [0.3, 0.4) is 0 Å². The van der Waals surface area contributed by atoms with E-state index in [1.54, 1.807) is 0 Å². The van der Waals surface area contributed by atoms with Crippen LogP contribution in [0.4, 0.5) is 0 Å². The molecule has 1 aromatic rings. The first-order valence-electron chi connectivity index (χ1n) is 6.73. The van der Waals surface area contributed by atoms with E-state index in [0.717, 1.165) is 19.4 Å². The third-order valence-corrected chi connectivity index (χ3v) is 3.49. The maximum atomic E-state index is 11.4. The molecule has 0 bridgehead atoms. The third-order valence-electron chi connectivity index (χ3n) is 3.49. The molecular weight excluding hydrogens is 228 g/mol.